The summed E-state index contributed by atoms with van der Waals surface area (Å²) < 4.78 is 8.53. The number of nitrogens with zero attached hydrogens (tertiary/aromatic N) is 4. The van der Waals surface area contributed by atoms with Gasteiger partial charge in [-0.15, -0.1) is 0 Å². The van der Waals surface area contributed by atoms with Gasteiger partial charge in [0.2, 0.25) is 5.78 Å². The molecule has 3 aromatic rings. The largest absolute Gasteiger partial charge is 0.453 e. The van der Waals surface area contributed by atoms with Crippen molar-refractivity contribution in [3.8, 4) is 0 Å². The summed E-state index contributed by atoms with van der Waals surface area (Å²) in [4.78, 5) is 69.0. The Hall–Kier alpha value is -3.76. The summed E-state index contributed by atoms with van der Waals surface area (Å²) in [5.74, 6) is -1.63. The maximum atomic E-state index is 12.7. The lowest BCUT2D eigenvalue weighted by Crippen LogP contribution is -2.42. The van der Waals surface area contributed by atoms with E-state index in [1.807, 2.05) is 0 Å². The van der Waals surface area contributed by atoms with E-state index in [4.69, 9.17) is 4.74 Å². The number of carbonyl (C=O) groups excluding carboxylic acids is 3. The van der Waals surface area contributed by atoms with Gasteiger partial charge < -0.3 is 14.3 Å². The summed E-state index contributed by atoms with van der Waals surface area (Å²) in [5.41, 5.74) is 0.563. The number of carbonyl (C=O) groups is 3. The van der Waals surface area contributed by atoms with Crippen molar-refractivity contribution >= 4 is 28.7 Å². The van der Waals surface area contributed by atoms with Gasteiger partial charge in [-0.1, -0.05) is 0 Å². The molecular weight excluding hydrogens is 406 g/mol. The number of aromatic amines is 1. The van der Waals surface area contributed by atoms with Crippen molar-refractivity contribution in [1.82, 2.24) is 23.7 Å². The molecule has 0 aromatic carbocycles. The van der Waals surface area contributed by atoms with Gasteiger partial charge in [-0.25, -0.2) is 14.3 Å². The first-order chi connectivity index (χ1) is 14.5. The standard InChI is InChI=1S/C20H23N5O6/c1-9-14(11(3)26)10(2)22-15(9)17(28)12(4)31-13(27)7-25-19(29)16-18(21-8-23(16)5)24(6)20(25)30/h8,12,22H,7H2,1-6H3. The molecule has 0 radical (unpaired) electrons. The molecule has 0 saturated heterocycles. The first-order valence-electron chi connectivity index (χ1n) is 9.50. The van der Waals surface area contributed by atoms with Crippen LogP contribution in [0.15, 0.2) is 15.9 Å². The molecule has 0 fully saturated rings. The van der Waals surface area contributed by atoms with Gasteiger partial charge in [0.25, 0.3) is 5.56 Å². The second kappa shape index (κ2) is 7.82. The fourth-order valence-electron chi connectivity index (χ4n) is 3.68. The van der Waals surface area contributed by atoms with Gasteiger partial charge in [0, 0.05) is 25.4 Å². The number of nitrogens with one attached hydrogen (secondary N) is 1. The van der Waals surface area contributed by atoms with Crippen molar-refractivity contribution in [3.63, 3.8) is 0 Å². The minimum Gasteiger partial charge on any atom is -0.453 e. The summed E-state index contributed by atoms with van der Waals surface area (Å²) in [5, 5.41) is 0. The molecule has 0 bridgehead atoms. The van der Waals surface area contributed by atoms with Crippen molar-refractivity contribution < 1.29 is 19.1 Å². The molecule has 3 aromatic heterocycles. The van der Waals surface area contributed by atoms with E-state index in [9.17, 15) is 24.0 Å². The van der Waals surface area contributed by atoms with E-state index >= 15 is 0 Å². The van der Waals surface area contributed by atoms with E-state index in [1.54, 1.807) is 20.9 Å². The molecule has 0 aliphatic carbocycles. The van der Waals surface area contributed by atoms with Crippen molar-refractivity contribution in [1.29, 1.82) is 0 Å². The van der Waals surface area contributed by atoms with E-state index in [1.165, 1.54) is 31.8 Å². The Labute approximate surface area is 176 Å². The number of Topliss-reactive ketones (excluding diaryl/α,β-unsaturated/α-hetero) is 2. The zero-order valence-corrected chi connectivity index (χ0v) is 18.1. The van der Waals surface area contributed by atoms with Gasteiger partial charge in [0.1, 0.15) is 6.54 Å². The Morgan fingerprint density at radius 3 is 2.42 bits per heavy atom. The maximum Gasteiger partial charge on any atom is 0.333 e. The number of fused-ring (bicyclic) bond motifs is 1. The quantitative estimate of drug-likeness (QED) is 0.442. The van der Waals surface area contributed by atoms with Crippen LogP contribution in [0.25, 0.3) is 11.2 Å². The van der Waals surface area contributed by atoms with Crippen LogP contribution in [0.1, 0.15) is 46.0 Å². The minimum atomic E-state index is -1.19. The van der Waals surface area contributed by atoms with Crippen LogP contribution in [0.5, 0.6) is 0 Å². The van der Waals surface area contributed by atoms with Crippen LogP contribution in [0.2, 0.25) is 0 Å². The van der Waals surface area contributed by atoms with Crippen LogP contribution in [0.4, 0.5) is 0 Å². The molecule has 11 nitrogen and oxygen atoms in total. The number of esters is 1. The van der Waals surface area contributed by atoms with E-state index in [-0.39, 0.29) is 22.6 Å². The van der Waals surface area contributed by atoms with E-state index in [0.29, 0.717) is 16.8 Å². The highest BCUT2D eigenvalue weighted by molar-refractivity contribution is 6.05. The number of rotatable bonds is 6. The lowest BCUT2D eigenvalue weighted by Gasteiger charge is -2.13. The normalized spacial score (nSPS) is 12.2. The van der Waals surface area contributed by atoms with Gasteiger partial charge in [-0.05, 0) is 33.3 Å². The summed E-state index contributed by atoms with van der Waals surface area (Å²) >= 11 is 0. The number of hydrogen-bond donors (Lipinski definition) is 1. The van der Waals surface area contributed by atoms with Gasteiger partial charge >= 0.3 is 11.7 Å². The molecule has 3 rings (SSSR count). The van der Waals surface area contributed by atoms with Crippen LogP contribution in [-0.4, -0.2) is 47.3 Å². The van der Waals surface area contributed by atoms with Gasteiger partial charge in [0.05, 0.1) is 12.0 Å². The highest BCUT2D eigenvalue weighted by Crippen LogP contribution is 2.20. The molecule has 31 heavy (non-hydrogen) atoms. The van der Waals surface area contributed by atoms with Gasteiger partial charge in [-0.2, -0.15) is 0 Å². The van der Waals surface area contributed by atoms with Crippen molar-refractivity contribution in [2.45, 2.75) is 40.3 Å². The minimum absolute atomic E-state index is 0.160. The smallest absolute Gasteiger partial charge is 0.333 e. The lowest BCUT2D eigenvalue weighted by molar-refractivity contribution is -0.147. The Balaban J connectivity index is 1.85. The molecule has 0 aliphatic rings. The topological polar surface area (TPSA) is 138 Å². The molecular formula is C20H23N5O6. The highest BCUT2D eigenvalue weighted by Gasteiger charge is 2.26. The van der Waals surface area contributed by atoms with E-state index in [0.717, 1.165) is 9.13 Å². The fourth-order valence-corrected chi connectivity index (χ4v) is 3.68. The third-order valence-corrected chi connectivity index (χ3v) is 5.20. The molecule has 164 valence electrons. The zero-order chi connectivity index (χ0) is 23.2. The average molecular weight is 429 g/mol. The average Bonchev–Trinajstić information content (AvgIpc) is 3.22. The number of hydrogen-bond acceptors (Lipinski definition) is 7. The third kappa shape index (κ3) is 3.62. The molecule has 0 saturated carbocycles. The molecule has 0 amide bonds. The number of ketones is 2. The molecule has 0 aliphatic heterocycles. The Morgan fingerprint density at radius 2 is 1.84 bits per heavy atom. The second-order valence-electron chi connectivity index (χ2n) is 7.44. The second-order valence-corrected chi connectivity index (χ2v) is 7.44. The Bertz CT molecular complexity index is 1350. The fraction of sp³-hybridized carbons (Fsp3) is 0.400. The highest BCUT2D eigenvalue weighted by atomic mass is 16.5. The summed E-state index contributed by atoms with van der Waals surface area (Å²) in [7, 11) is 3.04. The molecule has 1 N–H and O–H groups in total. The summed E-state index contributed by atoms with van der Waals surface area (Å²) in [6.07, 6.45) is 0.203. The van der Waals surface area contributed by atoms with E-state index in [2.05, 4.69) is 9.97 Å². The molecule has 1 atom stereocenters. The Kier molecular flexibility index (Phi) is 5.53. The van der Waals surface area contributed by atoms with Gasteiger partial charge in [0.15, 0.2) is 23.1 Å². The lowest BCUT2D eigenvalue weighted by atomic mass is 10.0. The van der Waals surface area contributed by atoms with Crippen molar-refractivity contribution in [2.75, 3.05) is 0 Å². The molecule has 0 spiro atoms. The first kappa shape index (κ1) is 21.9. The third-order valence-electron chi connectivity index (χ3n) is 5.20. The summed E-state index contributed by atoms with van der Waals surface area (Å²) in [6.45, 7) is 5.43. The van der Waals surface area contributed by atoms with Crippen molar-refractivity contribution in [3.05, 3.63) is 49.7 Å². The van der Waals surface area contributed by atoms with Crippen LogP contribution in [-0.2, 0) is 30.2 Å². The van der Waals surface area contributed by atoms with Crippen LogP contribution >= 0.6 is 0 Å². The van der Waals surface area contributed by atoms with E-state index < -0.39 is 35.7 Å². The summed E-state index contributed by atoms with van der Waals surface area (Å²) in [6, 6.07) is 0. The maximum absolute atomic E-state index is 12.7. The number of aryl methyl sites for hydroxylation is 3. The number of imidazole rings is 1. The Morgan fingerprint density at radius 1 is 1.19 bits per heavy atom. The predicted molar refractivity (Wildman–Crippen MR) is 110 cm³/mol. The number of ether oxygens (including phenoxy) is 1. The zero-order valence-electron chi connectivity index (χ0n) is 18.1. The molecule has 3 heterocycles. The molecule has 1 unspecified atom stereocenters. The van der Waals surface area contributed by atoms with Crippen molar-refractivity contribution in [2.24, 2.45) is 14.1 Å². The SMILES string of the molecule is CC(=O)c1c(C)[nH]c(C(=O)C(C)OC(=O)Cn2c(=O)c3c(ncn3C)n(C)c2=O)c1C. The number of aromatic nitrogens is 5. The van der Waals surface area contributed by atoms with Crippen LogP contribution in [0, 0.1) is 13.8 Å². The number of H-pyrrole nitrogens is 1. The van der Waals surface area contributed by atoms with Gasteiger partial charge in [-0.3, -0.25) is 23.7 Å². The predicted octanol–water partition coefficient (Wildman–Crippen LogP) is 0.396. The van der Waals surface area contributed by atoms with Crippen LogP contribution in [0.3, 0.4) is 0 Å². The molecule has 11 heteroatoms. The first-order valence-corrected chi connectivity index (χ1v) is 9.50. The monoisotopic (exact) mass is 429 g/mol. The van der Waals surface area contributed by atoms with Crippen LogP contribution < -0.4 is 11.2 Å².